The number of hydrogen-bond donors (Lipinski definition) is 0. The van der Waals surface area contributed by atoms with Gasteiger partial charge in [-0.25, -0.2) is 4.98 Å². The zero-order chi connectivity index (χ0) is 18.8. The van der Waals surface area contributed by atoms with Crippen molar-refractivity contribution in [2.75, 3.05) is 20.3 Å². The molecule has 0 aliphatic carbocycles. The molecule has 27 heavy (non-hydrogen) atoms. The van der Waals surface area contributed by atoms with Crippen LogP contribution in [-0.4, -0.2) is 30.2 Å². The Morgan fingerprint density at radius 3 is 2.81 bits per heavy atom. The Kier molecular flexibility index (Phi) is 4.33. The minimum absolute atomic E-state index is 0.0104. The highest BCUT2D eigenvalue weighted by atomic mass is 16.6. The minimum atomic E-state index is -0.422. The van der Waals surface area contributed by atoms with Gasteiger partial charge in [0.25, 0.3) is 5.69 Å². The number of nitro benzene ring substituents is 1. The number of rotatable bonds is 4. The van der Waals surface area contributed by atoms with E-state index in [-0.39, 0.29) is 5.69 Å². The number of ether oxygens (including phenoxy) is 3. The van der Waals surface area contributed by atoms with Crippen molar-refractivity contribution in [1.82, 2.24) is 4.98 Å². The fourth-order valence-corrected chi connectivity index (χ4v) is 2.96. The fraction of sp³-hybridized carbons (Fsp3) is 0.150. The Balaban J connectivity index is 1.71. The third-order valence-electron chi connectivity index (χ3n) is 4.21. The van der Waals surface area contributed by atoms with Gasteiger partial charge in [-0.1, -0.05) is 24.3 Å². The smallest absolute Gasteiger partial charge is 0.295 e. The lowest BCUT2D eigenvalue weighted by molar-refractivity contribution is -0.383. The van der Waals surface area contributed by atoms with Crippen LogP contribution in [0.5, 0.6) is 17.2 Å². The summed E-state index contributed by atoms with van der Waals surface area (Å²) in [6.45, 7) is 0.970. The van der Waals surface area contributed by atoms with E-state index in [9.17, 15) is 10.1 Å². The summed E-state index contributed by atoms with van der Waals surface area (Å²) in [5.41, 5.74) is 1.82. The van der Waals surface area contributed by atoms with E-state index in [0.717, 1.165) is 10.9 Å². The van der Waals surface area contributed by atoms with Crippen LogP contribution in [0.3, 0.4) is 0 Å². The van der Waals surface area contributed by atoms with Crippen molar-refractivity contribution in [2.24, 2.45) is 0 Å². The molecule has 0 amide bonds. The van der Waals surface area contributed by atoms with Crippen LogP contribution in [0.1, 0.15) is 11.3 Å². The van der Waals surface area contributed by atoms with E-state index in [0.29, 0.717) is 41.7 Å². The normalized spacial score (nSPS) is 13.1. The number of nitro groups is 1. The summed E-state index contributed by atoms with van der Waals surface area (Å²) in [4.78, 5) is 15.2. The molecule has 0 unspecified atom stereocenters. The molecule has 2 heterocycles. The molecule has 0 radical (unpaired) electrons. The molecule has 1 aliphatic heterocycles. The quantitative estimate of drug-likeness (QED) is 0.512. The van der Waals surface area contributed by atoms with E-state index in [2.05, 4.69) is 4.98 Å². The van der Waals surface area contributed by atoms with Gasteiger partial charge in [-0.05, 0) is 29.8 Å². The SMILES string of the molecule is COc1cc(/C=C/c2ccc3cccc([N+](=O)[O-])c3n2)cc2c1OCCO2. The van der Waals surface area contributed by atoms with Crippen LogP contribution in [0, 0.1) is 10.1 Å². The molecule has 0 atom stereocenters. The zero-order valence-electron chi connectivity index (χ0n) is 14.5. The molecule has 3 aromatic rings. The summed E-state index contributed by atoms with van der Waals surface area (Å²) in [6, 6.07) is 12.2. The van der Waals surface area contributed by atoms with Gasteiger partial charge >= 0.3 is 0 Å². The van der Waals surface area contributed by atoms with Gasteiger partial charge in [0, 0.05) is 11.5 Å². The Labute approximate surface area is 155 Å². The Morgan fingerprint density at radius 2 is 2.00 bits per heavy atom. The van der Waals surface area contributed by atoms with Crippen molar-refractivity contribution in [2.45, 2.75) is 0 Å². The van der Waals surface area contributed by atoms with Crippen LogP contribution >= 0.6 is 0 Å². The van der Waals surface area contributed by atoms with Gasteiger partial charge in [0.2, 0.25) is 5.75 Å². The molecule has 7 nitrogen and oxygen atoms in total. The zero-order valence-corrected chi connectivity index (χ0v) is 14.5. The van der Waals surface area contributed by atoms with Crippen molar-refractivity contribution in [1.29, 1.82) is 0 Å². The number of methoxy groups -OCH3 is 1. The summed E-state index contributed by atoms with van der Waals surface area (Å²) in [6.07, 6.45) is 3.64. The highest BCUT2D eigenvalue weighted by Gasteiger charge is 2.18. The van der Waals surface area contributed by atoms with E-state index < -0.39 is 4.92 Å². The van der Waals surface area contributed by atoms with Gasteiger partial charge < -0.3 is 14.2 Å². The lowest BCUT2D eigenvalue weighted by Gasteiger charge is -2.20. The highest BCUT2D eigenvalue weighted by molar-refractivity contribution is 5.88. The first-order valence-electron chi connectivity index (χ1n) is 8.35. The molecule has 0 saturated carbocycles. The lowest BCUT2D eigenvalue weighted by atomic mass is 10.1. The van der Waals surface area contributed by atoms with E-state index in [1.54, 1.807) is 25.3 Å². The Hall–Kier alpha value is -3.61. The van der Waals surface area contributed by atoms with Crippen LogP contribution in [0.4, 0.5) is 5.69 Å². The Bertz CT molecular complexity index is 1040. The first kappa shape index (κ1) is 16.8. The van der Waals surface area contributed by atoms with Gasteiger partial charge in [-0.3, -0.25) is 10.1 Å². The summed E-state index contributed by atoms with van der Waals surface area (Å²) >= 11 is 0. The average Bonchev–Trinajstić information content (AvgIpc) is 2.70. The summed E-state index contributed by atoms with van der Waals surface area (Å²) in [7, 11) is 1.57. The molecule has 1 aromatic heterocycles. The van der Waals surface area contributed by atoms with Crippen molar-refractivity contribution < 1.29 is 19.1 Å². The largest absolute Gasteiger partial charge is 0.493 e. The summed E-state index contributed by atoms with van der Waals surface area (Å²) in [5, 5.41) is 11.9. The maximum Gasteiger partial charge on any atom is 0.295 e. The molecule has 0 saturated heterocycles. The number of non-ortho nitro benzene ring substituents is 1. The molecule has 0 N–H and O–H groups in total. The average molecular weight is 364 g/mol. The van der Waals surface area contributed by atoms with Gasteiger partial charge in [0.15, 0.2) is 11.5 Å². The topological polar surface area (TPSA) is 83.7 Å². The van der Waals surface area contributed by atoms with Gasteiger partial charge in [0.1, 0.15) is 18.7 Å². The predicted molar refractivity (Wildman–Crippen MR) is 101 cm³/mol. The second-order valence-electron chi connectivity index (χ2n) is 5.92. The van der Waals surface area contributed by atoms with Crippen molar-refractivity contribution >= 4 is 28.7 Å². The summed E-state index contributed by atoms with van der Waals surface area (Å²) in [5.74, 6) is 1.82. The summed E-state index contributed by atoms with van der Waals surface area (Å²) < 4.78 is 16.6. The fourth-order valence-electron chi connectivity index (χ4n) is 2.96. The first-order valence-corrected chi connectivity index (χ1v) is 8.35. The number of pyridine rings is 1. The number of benzene rings is 2. The molecule has 0 spiro atoms. The van der Waals surface area contributed by atoms with E-state index in [1.165, 1.54) is 6.07 Å². The van der Waals surface area contributed by atoms with Crippen molar-refractivity contribution in [3.05, 3.63) is 63.8 Å². The molecule has 4 rings (SSSR count). The van der Waals surface area contributed by atoms with E-state index in [1.807, 2.05) is 30.3 Å². The lowest BCUT2D eigenvalue weighted by Crippen LogP contribution is -2.16. The van der Waals surface area contributed by atoms with E-state index in [4.69, 9.17) is 14.2 Å². The molecule has 0 fully saturated rings. The number of para-hydroxylation sites is 1. The van der Waals surface area contributed by atoms with Crippen LogP contribution in [-0.2, 0) is 0 Å². The van der Waals surface area contributed by atoms with Crippen LogP contribution in [0.2, 0.25) is 0 Å². The third-order valence-corrected chi connectivity index (χ3v) is 4.21. The molecular weight excluding hydrogens is 348 g/mol. The molecule has 1 aliphatic rings. The van der Waals surface area contributed by atoms with Gasteiger partial charge in [-0.2, -0.15) is 0 Å². The number of fused-ring (bicyclic) bond motifs is 2. The van der Waals surface area contributed by atoms with Crippen molar-refractivity contribution in [3.63, 3.8) is 0 Å². The number of aromatic nitrogens is 1. The second-order valence-corrected chi connectivity index (χ2v) is 5.92. The van der Waals surface area contributed by atoms with Crippen LogP contribution in [0.25, 0.3) is 23.1 Å². The number of hydrogen-bond acceptors (Lipinski definition) is 6. The van der Waals surface area contributed by atoms with Crippen LogP contribution < -0.4 is 14.2 Å². The first-order chi connectivity index (χ1) is 13.2. The van der Waals surface area contributed by atoms with Gasteiger partial charge in [0.05, 0.1) is 17.7 Å². The number of nitrogens with zero attached hydrogens (tertiary/aromatic N) is 2. The van der Waals surface area contributed by atoms with Gasteiger partial charge in [-0.15, -0.1) is 0 Å². The third kappa shape index (κ3) is 3.27. The molecule has 136 valence electrons. The highest BCUT2D eigenvalue weighted by Crippen LogP contribution is 2.40. The van der Waals surface area contributed by atoms with E-state index >= 15 is 0 Å². The molecule has 0 bridgehead atoms. The minimum Gasteiger partial charge on any atom is -0.493 e. The maximum atomic E-state index is 11.2. The Morgan fingerprint density at radius 1 is 1.15 bits per heavy atom. The van der Waals surface area contributed by atoms with Crippen LogP contribution in [0.15, 0.2) is 42.5 Å². The standard InChI is InChI=1S/C20H16N2O5/c1-25-17-11-13(12-18-20(17)27-10-9-26-18)5-7-15-8-6-14-3-2-4-16(22(23)24)19(14)21-15/h2-8,11-12H,9-10H2,1H3/b7-5+. The maximum absolute atomic E-state index is 11.2. The monoisotopic (exact) mass is 364 g/mol. The molecule has 2 aromatic carbocycles. The van der Waals surface area contributed by atoms with Crippen molar-refractivity contribution in [3.8, 4) is 17.2 Å². The predicted octanol–water partition coefficient (Wildman–Crippen LogP) is 4.09. The molecule has 7 heteroatoms. The molecular formula is C20H16N2O5. The second kappa shape index (κ2) is 6.95.